The Bertz CT molecular complexity index is 666. The molecule has 0 saturated heterocycles. The number of nitrogens with one attached hydrogen (secondary N) is 3. The molecule has 4 unspecified atom stereocenters. The number of aliphatic hydroxyl groups excluding tert-OH is 1. The molecular formula is C19H35N5O8S. The molecule has 0 rings (SSSR count). The number of carbonyl (C=O) groups is 5. The van der Waals surface area contributed by atoms with E-state index in [0.717, 1.165) is 0 Å². The van der Waals surface area contributed by atoms with Gasteiger partial charge >= 0.3 is 11.9 Å². The minimum absolute atomic E-state index is 0.200. The first-order chi connectivity index (χ1) is 15.6. The van der Waals surface area contributed by atoms with E-state index in [4.69, 9.17) is 26.8 Å². The zero-order chi connectivity index (χ0) is 25.4. The molecule has 13 nitrogen and oxygen atoms in total. The van der Waals surface area contributed by atoms with Crippen LogP contribution in [0, 0.1) is 0 Å². The van der Waals surface area contributed by atoms with Gasteiger partial charge in [0.25, 0.3) is 0 Å². The summed E-state index contributed by atoms with van der Waals surface area (Å²) in [5.74, 6) is -4.36. The highest BCUT2D eigenvalue weighted by atomic mass is 32.2. The molecule has 0 aliphatic carbocycles. The third kappa shape index (κ3) is 13.0. The van der Waals surface area contributed by atoms with Crippen LogP contribution in [0.2, 0.25) is 0 Å². The molecule has 0 heterocycles. The maximum atomic E-state index is 12.9. The molecule has 10 N–H and O–H groups in total. The molecule has 0 spiro atoms. The fraction of sp³-hybridized carbons (Fsp3) is 0.737. The Kier molecular flexibility index (Phi) is 15.9. The SMILES string of the molecule is CSCCC(N)C(=O)NC(CCCCN)C(=O)NC(CCC(=O)O)C(=O)NC(CO)C(=O)O. The van der Waals surface area contributed by atoms with Crippen molar-refractivity contribution in [3.8, 4) is 0 Å². The van der Waals surface area contributed by atoms with Gasteiger partial charge in [0.2, 0.25) is 17.7 Å². The second kappa shape index (κ2) is 17.1. The second-order valence-corrected chi connectivity index (χ2v) is 8.29. The van der Waals surface area contributed by atoms with Crippen LogP contribution in [-0.2, 0) is 24.0 Å². The Morgan fingerprint density at radius 1 is 0.848 bits per heavy atom. The Morgan fingerprint density at radius 2 is 1.39 bits per heavy atom. The standard InChI is InChI=1S/C19H35N5O8S/c1-33-9-7-11(21)16(28)22-12(4-2-3-8-20)17(29)23-13(5-6-15(26)27)18(30)24-14(10-25)19(31)32/h11-14,25H,2-10,20-21H2,1H3,(H,22,28)(H,23,29)(H,24,30)(H,26,27)(H,31,32). The van der Waals surface area contributed by atoms with Crippen LogP contribution in [0.5, 0.6) is 0 Å². The van der Waals surface area contributed by atoms with Crippen LogP contribution < -0.4 is 27.4 Å². The lowest BCUT2D eigenvalue weighted by molar-refractivity contribution is -0.144. The number of hydrogen-bond donors (Lipinski definition) is 8. The number of unbranched alkanes of at least 4 members (excludes halogenated alkanes) is 1. The maximum absolute atomic E-state index is 12.9. The number of carboxylic acid groups (broad SMARTS) is 2. The van der Waals surface area contributed by atoms with E-state index < -0.39 is 66.9 Å². The minimum atomic E-state index is -1.63. The lowest BCUT2D eigenvalue weighted by Gasteiger charge is -2.25. The summed E-state index contributed by atoms with van der Waals surface area (Å²) in [6.07, 6.45) is 2.71. The van der Waals surface area contributed by atoms with E-state index in [1.165, 1.54) is 11.8 Å². The topological polar surface area (TPSA) is 234 Å². The van der Waals surface area contributed by atoms with E-state index in [1.54, 1.807) is 0 Å². The molecule has 0 saturated carbocycles. The van der Waals surface area contributed by atoms with E-state index in [0.29, 0.717) is 31.6 Å². The van der Waals surface area contributed by atoms with Crippen molar-refractivity contribution in [2.24, 2.45) is 11.5 Å². The fourth-order valence-electron chi connectivity index (χ4n) is 2.68. The van der Waals surface area contributed by atoms with Crippen molar-refractivity contribution in [2.45, 2.75) is 62.7 Å². The van der Waals surface area contributed by atoms with Crippen molar-refractivity contribution in [3.05, 3.63) is 0 Å². The van der Waals surface area contributed by atoms with Gasteiger partial charge in [0.05, 0.1) is 12.6 Å². The number of carbonyl (C=O) groups excluding carboxylic acids is 3. The summed E-state index contributed by atoms with van der Waals surface area (Å²) < 4.78 is 0. The monoisotopic (exact) mass is 493 g/mol. The summed E-state index contributed by atoms with van der Waals surface area (Å²) in [6, 6.07) is -4.93. The highest BCUT2D eigenvalue weighted by Crippen LogP contribution is 2.06. The summed E-state index contributed by atoms with van der Waals surface area (Å²) >= 11 is 1.51. The average Bonchev–Trinajstić information content (AvgIpc) is 2.76. The first-order valence-electron chi connectivity index (χ1n) is 10.5. The van der Waals surface area contributed by atoms with Crippen LogP contribution in [0.4, 0.5) is 0 Å². The number of amides is 3. The Morgan fingerprint density at radius 3 is 1.88 bits per heavy atom. The molecule has 3 amide bonds. The summed E-state index contributed by atoms with van der Waals surface area (Å²) in [5.41, 5.74) is 11.3. The predicted molar refractivity (Wildman–Crippen MR) is 121 cm³/mol. The molecule has 190 valence electrons. The Labute approximate surface area is 196 Å². The van der Waals surface area contributed by atoms with Crippen molar-refractivity contribution in [1.29, 1.82) is 0 Å². The molecule has 0 aromatic rings. The molecule has 14 heteroatoms. The third-order valence-corrected chi connectivity index (χ3v) is 5.27. The molecule has 0 aromatic heterocycles. The highest BCUT2D eigenvalue weighted by molar-refractivity contribution is 7.98. The number of nitrogens with two attached hydrogens (primary N) is 2. The van der Waals surface area contributed by atoms with Crippen LogP contribution in [0.15, 0.2) is 0 Å². The van der Waals surface area contributed by atoms with E-state index in [-0.39, 0.29) is 12.8 Å². The number of thioether (sulfide) groups is 1. The number of aliphatic carboxylic acids is 2. The van der Waals surface area contributed by atoms with E-state index in [1.807, 2.05) is 11.6 Å². The number of hydrogen-bond acceptors (Lipinski definition) is 9. The van der Waals surface area contributed by atoms with Crippen LogP contribution in [0.1, 0.15) is 38.5 Å². The summed E-state index contributed by atoms with van der Waals surface area (Å²) in [7, 11) is 0. The zero-order valence-electron chi connectivity index (χ0n) is 18.6. The summed E-state index contributed by atoms with van der Waals surface area (Å²) in [5, 5.41) is 34.0. The summed E-state index contributed by atoms with van der Waals surface area (Å²) in [6.45, 7) is -0.525. The van der Waals surface area contributed by atoms with Gasteiger partial charge in [0.15, 0.2) is 0 Å². The molecule has 0 bridgehead atoms. The fourth-order valence-corrected chi connectivity index (χ4v) is 3.17. The van der Waals surface area contributed by atoms with Crippen LogP contribution in [0.25, 0.3) is 0 Å². The van der Waals surface area contributed by atoms with E-state index in [9.17, 15) is 24.0 Å². The van der Waals surface area contributed by atoms with Crippen LogP contribution in [0.3, 0.4) is 0 Å². The number of carboxylic acids is 2. The third-order valence-electron chi connectivity index (χ3n) is 4.63. The second-order valence-electron chi connectivity index (χ2n) is 7.31. The minimum Gasteiger partial charge on any atom is -0.481 e. The van der Waals surface area contributed by atoms with Gasteiger partial charge in [-0.1, -0.05) is 0 Å². The van der Waals surface area contributed by atoms with Gasteiger partial charge < -0.3 is 42.7 Å². The van der Waals surface area contributed by atoms with Crippen molar-refractivity contribution in [1.82, 2.24) is 16.0 Å². The molecule has 0 fully saturated rings. The number of aliphatic hydroxyl groups is 1. The molecule has 33 heavy (non-hydrogen) atoms. The lowest BCUT2D eigenvalue weighted by atomic mass is 10.1. The van der Waals surface area contributed by atoms with Crippen molar-refractivity contribution in [2.75, 3.05) is 25.2 Å². The smallest absolute Gasteiger partial charge is 0.328 e. The maximum Gasteiger partial charge on any atom is 0.328 e. The lowest BCUT2D eigenvalue weighted by Crippen LogP contribution is -2.57. The summed E-state index contributed by atoms with van der Waals surface area (Å²) in [4.78, 5) is 59.7. The van der Waals surface area contributed by atoms with Gasteiger partial charge in [-0.25, -0.2) is 4.79 Å². The van der Waals surface area contributed by atoms with Crippen LogP contribution >= 0.6 is 11.8 Å². The molecule has 0 aliphatic heterocycles. The van der Waals surface area contributed by atoms with Gasteiger partial charge in [-0.15, -0.1) is 0 Å². The van der Waals surface area contributed by atoms with Crippen LogP contribution in [-0.4, -0.2) is 94.3 Å². The van der Waals surface area contributed by atoms with Gasteiger partial charge in [-0.3, -0.25) is 19.2 Å². The average molecular weight is 494 g/mol. The van der Waals surface area contributed by atoms with Crippen molar-refractivity contribution < 1.29 is 39.3 Å². The van der Waals surface area contributed by atoms with Gasteiger partial charge in [-0.2, -0.15) is 11.8 Å². The van der Waals surface area contributed by atoms with Crippen molar-refractivity contribution >= 4 is 41.4 Å². The number of rotatable bonds is 18. The molecule has 0 radical (unpaired) electrons. The van der Waals surface area contributed by atoms with E-state index in [2.05, 4.69) is 10.6 Å². The normalized spacial score (nSPS) is 14.4. The van der Waals surface area contributed by atoms with Gasteiger partial charge in [0, 0.05) is 6.42 Å². The Balaban J connectivity index is 5.43. The Hall–Kier alpha value is -2.42. The zero-order valence-corrected chi connectivity index (χ0v) is 19.4. The first kappa shape index (κ1) is 30.6. The van der Waals surface area contributed by atoms with E-state index >= 15 is 0 Å². The quantitative estimate of drug-likeness (QED) is 0.0936. The largest absolute Gasteiger partial charge is 0.481 e. The predicted octanol–water partition coefficient (Wildman–Crippen LogP) is -2.41. The van der Waals surface area contributed by atoms with Gasteiger partial charge in [0.1, 0.15) is 18.1 Å². The molecule has 0 aliphatic rings. The molecular weight excluding hydrogens is 458 g/mol. The van der Waals surface area contributed by atoms with Crippen molar-refractivity contribution in [3.63, 3.8) is 0 Å². The first-order valence-corrected chi connectivity index (χ1v) is 11.9. The van der Waals surface area contributed by atoms with Gasteiger partial charge in [-0.05, 0) is 50.7 Å². The highest BCUT2D eigenvalue weighted by Gasteiger charge is 2.30. The molecule has 4 atom stereocenters. The molecule has 0 aromatic carbocycles.